The third kappa shape index (κ3) is 3.80. The van der Waals surface area contributed by atoms with Gasteiger partial charge in [0.2, 0.25) is 0 Å². The van der Waals surface area contributed by atoms with Gasteiger partial charge in [0, 0.05) is 31.1 Å². The highest BCUT2D eigenvalue weighted by Gasteiger charge is 2.42. The molecule has 0 unspecified atom stereocenters. The number of hydrogen-bond acceptors (Lipinski definition) is 5. The largest absolute Gasteiger partial charge is 0.497 e. The van der Waals surface area contributed by atoms with Crippen LogP contribution in [0.4, 0.5) is 0 Å². The van der Waals surface area contributed by atoms with Crippen LogP contribution in [0.25, 0.3) is 0 Å². The second-order valence-corrected chi connectivity index (χ2v) is 6.97. The standard InChI is InChI=1S/C17H24ClNO4/c1-22-13-3-2-12(14(18)8-13)10-19-6-4-17(5-7-19)9-15(20)16(21)11-23-17/h2-3,8,15-16,20-21H,4-7,9-11H2,1H3/t15-,16+/m1/s1. The van der Waals surface area contributed by atoms with E-state index in [9.17, 15) is 10.2 Å². The van der Waals surface area contributed by atoms with Crippen LogP contribution in [0.1, 0.15) is 24.8 Å². The first-order chi connectivity index (χ1) is 11.0. The fraction of sp³-hybridized carbons (Fsp3) is 0.647. The van der Waals surface area contributed by atoms with Gasteiger partial charge >= 0.3 is 0 Å². The molecule has 0 aliphatic carbocycles. The van der Waals surface area contributed by atoms with E-state index in [2.05, 4.69) is 4.90 Å². The molecule has 2 saturated heterocycles. The van der Waals surface area contributed by atoms with Crippen LogP contribution in [-0.2, 0) is 11.3 Å². The maximum absolute atomic E-state index is 9.91. The van der Waals surface area contributed by atoms with Crippen LogP contribution in [0.15, 0.2) is 18.2 Å². The molecule has 2 fully saturated rings. The molecular formula is C17H24ClNO4. The molecule has 0 bridgehead atoms. The Morgan fingerprint density at radius 2 is 2.04 bits per heavy atom. The lowest BCUT2D eigenvalue weighted by atomic mass is 9.82. The topological polar surface area (TPSA) is 62.2 Å². The molecule has 5 nitrogen and oxygen atoms in total. The van der Waals surface area contributed by atoms with Gasteiger partial charge in [-0.15, -0.1) is 0 Å². The molecule has 0 amide bonds. The van der Waals surface area contributed by atoms with Crippen LogP contribution in [0, 0.1) is 0 Å². The number of piperidine rings is 1. The summed E-state index contributed by atoms with van der Waals surface area (Å²) in [5, 5.41) is 20.2. The van der Waals surface area contributed by atoms with Crippen molar-refractivity contribution in [3.63, 3.8) is 0 Å². The lowest BCUT2D eigenvalue weighted by Crippen LogP contribution is -2.54. The quantitative estimate of drug-likeness (QED) is 0.878. The minimum atomic E-state index is -0.753. The number of halogens is 1. The number of methoxy groups -OCH3 is 1. The average molecular weight is 342 g/mol. The lowest BCUT2D eigenvalue weighted by Gasteiger charge is -2.46. The summed E-state index contributed by atoms with van der Waals surface area (Å²) in [5.74, 6) is 0.763. The zero-order chi connectivity index (χ0) is 16.4. The Morgan fingerprint density at radius 3 is 2.65 bits per heavy atom. The smallest absolute Gasteiger partial charge is 0.120 e. The van der Waals surface area contributed by atoms with E-state index >= 15 is 0 Å². The van der Waals surface area contributed by atoms with Crippen molar-refractivity contribution in [3.05, 3.63) is 28.8 Å². The second kappa shape index (κ2) is 6.95. The van der Waals surface area contributed by atoms with Gasteiger partial charge in [-0.3, -0.25) is 4.90 Å². The summed E-state index contributed by atoms with van der Waals surface area (Å²) in [6.07, 6.45) is 0.823. The normalized spacial score (nSPS) is 28.0. The van der Waals surface area contributed by atoms with Crippen molar-refractivity contribution >= 4 is 11.6 Å². The van der Waals surface area contributed by atoms with Crippen LogP contribution >= 0.6 is 11.6 Å². The summed E-state index contributed by atoms with van der Waals surface area (Å²) < 4.78 is 11.0. The molecule has 2 N–H and O–H groups in total. The summed E-state index contributed by atoms with van der Waals surface area (Å²) >= 11 is 6.31. The van der Waals surface area contributed by atoms with E-state index in [1.807, 2.05) is 18.2 Å². The highest BCUT2D eigenvalue weighted by molar-refractivity contribution is 6.31. The van der Waals surface area contributed by atoms with Crippen LogP contribution in [0.3, 0.4) is 0 Å². The molecule has 2 aliphatic rings. The first-order valence-corrected chi connectivity index (χ1v) is 8.44. The molecule has 2 atom stereocenters. The highest BCUT2D eigenvalue weighted by atomic mass is 35.5. The first kappa shape index (κ1) is 17.0. The van der Waals surface area contributed by atoms with E-state index in [-0.39, 0.29) is 12.2 Å². The van der Waals surface area contributed by atoms with Gasteiger partial charge in [0.15, 0.2) is 0 Å². The third-order valence-electron chi connectivity index (χ3n) is 5.01. The Bertz CT molecular complexity index is 545. The fourth-order valence-corrected chi connectivity index (χ4v) is 3.67. The van der Waals surface area contributed by atoms with Gasteiger partial charge in [-0.1, -0.05) is 17.7 Å². The predicted molar refractivity (Wildman–Crippen MR) is 87.8 cm³/mol. The third-order valence-corrected chi connectivity index (χ3v) is 5.36. The Kier molecular flexibility index (Phi) is 5.13. The summed E-state index contributed by atoms with van der Waals surface area (Å²) in [6, 6.07) is 5.77. The molecule has 6 heteroatoms. The summed E-state index contributed by atoms with van der Waals surface area (Å²) in [6.45, 7) is 2.81. The van der Waals surface area contributed by atoms with Gasteiger partial charge in [-0.05, 0) is 30.5 Å². The number of likely N-dealkylation sites (tertiary alicyclic amines) is 1. The maximum atomic E-state index is 9.91. The van der Waals surface area contributed by atoms with Crippen molar-refractivity contribution in [2.45, 2.75) is 43.6 Å². The van der Waals surface area contributed by atoms with Crippen molar-refractivity contribution < 1.29 is 19.7 Å². The first-order valence-electron chi connectivity index (χ1n) is 8.06. The molecule has 128 valence electrons. The van der Waals surface area contributed by atoms with Gasteiger partial charge in [-0.25, -0.2) is 0 Å². The van der Waals surface area contributed by atoms with Gasteiger partial charge in [0.25, 0.3) is 0 Å². The zero-order valence-corrected chi connectivity index (χ0v) is 14.1. The Balaban J connectivity index is 1.57. The highest BCUT2D eigenvalue weighted by Crippen LogP contribution is 2.36. The van der Waals surface area contributed by atoms with Crippen LogP contribution in [-0.4, -0.2) is 59.7 Å². The number of aliphatic hydroxyl groups is 2. The second-order valence-electron chi connectivity index (χ2n) is 6.57. The minimum Gasteiger partial charge on any atom is -0.497 e. The number of nitrogens with zero attached hydrogens (tertiary/aromatic N) is 1. The Morgan fingerprint density at radius 1 is 1.30 bits per heavy atom. The van der Waals surface area contributed by atoms with Gasteiger partial charge in [0.05, 0.1) is 25.4 Å². The van der Waals surface area contributed by atoms with Crippen molar-refractivity contribution in [2.75, 3.05) is 26.8 Å². The van der Waals surface area contributed by atoms with Crippen molar-refractivity contribution in [3.8, 4) is 5.75 Å². The van der Waals surface area contributed by atoms with E-state index in [4.69, 9.17) is 21.1 Å². The molecule has 3 rings (SSSR count). The molecule has 2 heterocycles. The zero-order valence-electron chi connectivity index (χ0n) is 13.4. The molecule has 1 aromatic rings. The summed E-state index contributed by atoms with van der Waals surface area (Å²) in [7, 11) is 1.63. The Hall–Kier alpha value is -0.850. The van der Waals surface area contributed by atoms with Gasteiger partial charge < -0.3 is 19.7 Å². The maximum Gasteiger partial charge on any atom is 0.120 e. The molecule has 0 saturated carbocycles. The van der Waals surface area contributed by atoms with Crippen molar-refractivity contribution in [2.24, 2.45) is 0 Å². The van der Waals surface area contributed by atoms with Crippen molar-refractivity contribution in [1.82, 2.24) is 4.90 Å². The van der Waals surface area contributed by atoms with E-state index < -0.39 is 12.2 Å². The van der Waals surface area contributed by atoms with Crippen LogP contribution < -0.4 is 4.74 Å². The predicted octanol–water partition coefficient (Wildman–Crippen LogP) is 1.83. The number of ether oxygens (including phenoxy) is 2. The van der Waals surface area contributed by atoms with E-state index in [1.54, 1.807) is 7.11 Å². The summed E-state index contributed by atoms with van der Waals surface area (Å²) in [4.78, 5) is 2.35. The number of benzene rings is 1. The number of rotatable bonds is 3. The number of aliphatic hydroxyl groups excluding tert-OH is 2. The van der Waals surface area contributed by atoms with E-state index in [1.165, 1.54) is 0 Å². The Labute approximate surface area is 141 Å². The minimum absolute atomic E-state index is 0.228. The molecule has 2 aliphatic heterocycles. The van der Waals surface area contributed by atoms with Crippen LogP contribution in [0.5, 0.6) is 5.75 Å². The van der Waals surface area contributed by atoms with E-state index in [0.29, 0.717) is 6.42 Å². The molecule has 0 aromatic heterocycles. The molecule has 1 spiro atoms. The van der Waals surface area contributed by atoms with E-state index in [0.717, 1.165) is 48.8 Å². The van der Waals surface area contributed by atoms with Crippen molar-refractivity contribution in [1.29, 1.82) is 0 Å². The SMILES string of the molecule is COc1ccc(CN2CCC3(CC2)C[C@@H](O)[C@@H](O)CO3)c(Cl)c1. The molecular weight excluding hydrogens is 318 g/mol. The lowest BCUT2D eigenvalue weighted by molar-refractivity contribution is -0.188. The fourth-order valence-electron chi connectivity index (χ4n) is 3.44. The monoisotopic (exact) mass is 341 g/mol. The van der Waals surface area contributed by atoms with Gasteiger partial charge in [-0.2, -0.15) is 0 Å². The molecule has 23 heavy (non-hydrogen) atoms. The number of hydrogen-bond donors (Lipinski definition) is 2. The molecule has 1 aromatic carbocycles. The molecule has 0 radical (unpaired) electrons. The van der Waals surface area contributed by atoms with Crippen LogP contribution in [0.2, 0.25) is 5.02 Å². The average Bonchev–Trinajstić information content (AvgIpc) is 2.55. The summed E-state index contributed by atoms with van der Waals surface area (Å²) in [5.41, 5.74) is 0.808. The van der Waals surface area contributed by atoms with Gasteiger partial charge in [0.1, 0.15) is 11.9 Å².